The lowest BCUT2D eigenvalue weighted by atomic mass is 10.2. The molecule has 31 heavy (non-hydrogen) atoms. The number of nitro groups is 1. The first kappa shape index (κ1) is 20.6. The number of nitrogens with zero attached hydrogens (tertiary/aromatic N) is 5. The van der Waals surface area contributed by atoms with E-state index >= 15 is 0 Å². The summed E-state index contributed by atoms with van der Waals surface area (Å²) in [6.07, 6.45) is 3.49. The molecule has 0 bridgehead atoms. The molecular weight excluding hydrogens is 505 g/mol. The highest BCUT2D eigenvalue weighted by molar-refractivity contribution is 5.79. The first-order chi connectivity index (χ1) is 14.7. The summed E-state index contributed by atoms with van der Waals surface area (Å²) in [5.41, 5.74) is 2.77. The van der Waals surface area contributed by atoms with E-state index in [9.17, 15) is 10.1 Å². The van der Waals surface area contributed by atoms with Crippen LogP contribution in [0.3, 0.4) is 0 Å². The quantitative estimate of drug-likeness (QED) is 0.155. The molecule has 3 aromatic heterocycles. The zero-order chi connectivity index (χ0) is 20.5. The molecule has 0 aliphatic carbocycles. The van der Waals surface area contributed by atoms with Crippen LogP contribution in [0.4, 0.5) is 5.69 Å². The molecule has 0 saturated carbocycles. The van der Waals surface area contributed by atoms with Gasteiger partial charge in [-0.1, -0.05) is 24.3 Å². The molecule has 3 heterocycles. The molecule has 0 atom stereocenters. The van der Waals surface area contributed by atoms with Crippen LogP contribution >= 0.6 is 0 Å². The second-order valence-corrected chi connectivity index (χ2v) is 6.66. The Morgan fingerprint density at radius 1 is 0.806 bits per heavy atom. The van der Waals surface area contributed by atoms with Crippen LogP contribution in [0.1, 0.15) is 0 Å². The number of aromatic nitrogens is 4. The SMILES string of the molecule is O=[N+]([O-])c1ccc(-c2n(-c3ccccn3)c3ccccc3[n+]2-c2ccccn2)cc1.[I-]. The number of halogens is 1. The lowest BCUT2D eigenvalue weighted by Crippen LogP contribution is -3.00. The molecule has 0 N–H and O–H groups in total. The number of rotatable bonds is 4. The van der Waals surface area contributed by atoms with Gasteiger partial charge in [0.1, 0.15) is 17.2 Å². The van der Waals surface area contributed by atoms with E-state index in [0.29, 0.717) is 0 Å². The summed E-state index contributed by atoms with van der Waals surface area (Å²) >= 11 is 0. The molecule has 0 aliphatic heterocycles. The molecule has 152 valence electrons. The molecule has 0 fully saturated rings. The predicted octanol–water partition coefficient (Wildman–Crippen LogP) is 1.28. The Morgan fingerprint density at radius 2 is 1.48 bits per heavy atom. The fourth-order valence-corrected chi connectivity index (χ4v) is 3.60. The number of fused-ring (bicyclic) bond motifs is 1. The second-order valence-electron chi connectivity index (χ2n) is 6.66. The highest BCUT2D eigenvalue weighted by Crippen LogP contribution is 2.28. The van der Waals surface area contributed by atoms with Crippen LogP contribution in [-0.4, -0.2) is 19.5 Å². The monoisotopic (exact) mass is 521 g/mol. The average Bonchev–Trinajstić information content (AvgIpc) is 3.15. The summed E-state index contributed by atoms with van der Waals surface area (Å²) in [5.74, 6) is 2.30. The summed E-state index contributed by atoms with van der Waals surface area (Å²) in [4.78, 5) is 19.9. The molecule has 7 nitrogen and oxygen atoms in total. The predicted molar refractivity (Wildman–Crippen MR) is 112 cm³/mol. The van der Waals surface area contributed by atoms with E-state index in [1.165, 1.54) is 12.1 Å². The van der Waals surface area contributed by atoms with E-state index in [0.717, 1.165) is 34.1 Å². The third-order valence-corrected chi connectivity index (χ3v) is 4.88. The van der Waals surface area contributed by atoms with Gasteiger partial charge in [0.25, 0.3) is 11.5 Å². The molecule has 2 aromatic carbocycles. The van der Waals surface area contributed by atoms with Crippen molar-refractivity contribution in [1.29, 1.82) is 0 Å². The minimum atomic E-state index is -0.398. The van der Waals surface area contributed by atoms with Crippen molar-refractivity contribution in [1.82, 2.24) is 14.5 Å². The highest BCUT2D eigenvalue weighted by atomic mass is 127. The normalized spacial score (nSPS) is 10.6. The van der Waals surface area contributed by atoms with Crippen LogP contribution in [0.25, 0.3) is 34.1 Å². The van der Waals surface area contributed by atoms with Crippen molar-refractivity contribution in [2.24, 2.45) is 0 Å². The van der Waals surface area contributed by atoms with E-state index in [2.05, 4.69) is 9.97 Å². The Morgan fingerprint density at radius 3 is 2.13 bits per heavy atom. The van der Waals surface area contributed by atoms with Crippen molar-refractivity contribution in [2.75, 3.05) is 0 Å². The van der Waals surface area contributed by atoms with Gasteiger partial charge in [-0.25, -0.2) is 9.55 Å². The molecule has 8 heteroatoms. The smallest absolute Gasteiger partial charge is 0.269 e. The summed E-state index contributed by atoms with van der Waals surface area (Å²) in [5, 5.41) is 11.1. The van der Waals surface area contributed by atoms with Gasteiger partial charge in [-0.15, -0.1) is 4.98 Å². The van der Waals surface area contributed by atoms with E-state index in [-0.39, 0.29) is 29.7 Å². The number of para-hydroxylation sites is 2. The molecule has 0 unspecified atom stereocenters. The summed E-state index contributed by atoms with van der Waals surface area (Å²) < 4.78 is 4.09. The van der Waals surface area contributed by atoms with Crippen molar-refractivity contribution in [3.8, 4) is 23.0 Å². The first-order valence-corrected chi connectivity index (χ1v) is 9.37. The molecule has 5 aromatic rings. The average molecular weight is 521 g/mol. The maximum atomic E-state index is 11.1. The molecule has 0 amide bonds. The molecular formula is C23H16IN5O2. The van der Waals surface area contributed by atoms with Gasteiger partial charge in [-0.3, -0.25) is 10.1 Å². The van der Waals surface area contributed by atoms with Crippen LogP contribution in [0.15, 0.2) is 97.3 Å². The number of hydrogen-bond donors (Lipinski definition) is 0. The summed E-state index contributed by atoms with van der Waals surface area (Å²) in [7, 11) is 0. The number of non-ortho nitro benzene ring substituents is 1. The Hall–Kier alpha value is -3.66. The number of imidazole rings is 1. The minimum Gasteiger partial charge on any atom is -1.00 e. The van der Waals surface area contributed by atoms with E-state index < -0.39 is 4.92 Å². The Labute approximate surface area is 194 Å². The topological polar surface area (TPSA) is 77.7 Å². The lowest BCUT2D eigenvalue weighted by molar-refractivity contribution is -0.559. The number of nitro benzene ring substituents is 1. The first-order valence-electron chi connectivity index (χ1n) is 9.37. The van der Waals surface area contributed by atoms with Gasteiger partial charge >= 0.3 is 0 Å². The van der Waals surface area contributed by atoms with Crippen molar-refractivity contribution in [3.05, 3.63) is 107 Å². The maximum absolute atomic E-state index is 11.1. The van der Waals surface area contributed by atoms with Gasteiger partial charge in [0.2, 0.25) is 5.82 Å². The molecule has 5 rings (SSSR count). The van der Waals surface area contributed by atoms with Gasteiger partial charge in [0.15, 0.2) is 5.82 Å². The molecule has 0 saturated heterocycles. The van der Waals surface area contributed by atoms with Crippen LogP contribution in [-0.2, 0) is 0 Å². The largest absolute Gasteiger partial charge is 1.00 e. The lowest BCUT2D eigenvalue weighted by Gasteiger charge is -2.06. The Balaban J connectivity index is 0.00000231. The number of hydrogen-bond acceptors (Lipinski definition) is 4. The van der Waals surface area contributed by atoms with Crippen molar-refractivity contribution >= 4 is 16.7 Å². The van der Waals surface area contributed by atoms with E-state index in [1.807, 2.05) is 69.8 Å². The highest BCUT2D eigenvalue weighted by Gasteiger charge is 2.28. The van der Waals surface area contributed by atoms with E-state index in [1.54, 1.807) is 24.5 Å². The zero-order valence-corrected chi connectivity index (χ0v) is 18.3. The van der Waals surface area contributed by atoms with Gasteiger partial charge in [0, 0.05) is 30.0 Å². The van der Waals surface area contributed by atoms with Gasteiger partial charge in [0.05, 0.1) is 4.92 Å². The molecule has 0 aliphatic rings. The number of benzene rings is 2. The second kappa shape index (κ2) is 8.60. The van der Waals surface area contributed by atoms with Crippen molar-refractivity contribution in [3.63, 3.8) is 0 Å². The molecule has 0 radical (unpaired) electrons. The van der Waals surface area contributed by atoms with Gasteiger partial charge < -0.3 is 24.0 Å². The van der Waals surface area contributed by atoms with Crippen LogP contribution in [0.5, 0.6) is 0 Å². The minimum absolute atomic E-state index is 0. The third kappa shape index (κ3) is 3.66. The van der Waals surface area contributed by atoms with Gasteiger partial charge in [-0.2, -0.15) is 4.57 Å². The Bertz CT molecular complexity index is 1280. The Kier molecular flexibility index (Phi) is 5.72. The zero-order valence-electron chi connectivity index (χ0n) is 16.2. The summed E-state index contributed by atoms with van der Waals surface area (Å²) in [6, 6.07) is 26.0. The van der Waals surface area contributed by atoms with Crippen LogP contribution in [0, 0.1) is 10.1 Å². The maximum Gasteiger partial charge on any atom is 0.269 e. The fraction of sp³-hybridized carbons (Fsp3) is 0. The fourth-order valence-electron chi connectivity index (χ4n) is 3.60. The van der Waals surface area contributed by atoms with Crippen LogP contribution < -0.4 is 28.5 Å². The van der Waals surface area contributed by atoms with E-state index in [4.69, 9.17) is 0 Å². The number of pyridine rings is 2. The van der Waals surface area contributed by atoms with Crippen LogP contribution in [0.2, 0.25) is 0 Å². The van der Waals surface area contributed by atoms with Gasteiger partial charge in [-0.05, 0) is 42.5 Å². The van der Waals surface area contributed by atoms with Crippen molar-refractivity contribution < 1.29 is 33.5 Å². The summed E-state index contributed by atoms with van der Waals surface area (Å²) in [6.45, 7) is 0. The standard InChI is InChI=1S/C23H16N5O2.HI/c29-28(30)18-13-11-17(12-14-18)23-26(21-9-3-5-15-24-21)19-7-1-2-8-20(19)27(23)22-10-4-6-16-25-22;/h1-16H;1H/q+1;/p-1. The van der Waals surface area contributed by atoms with Crippen molar-refractivity contribution in [2.45, 2.75) is 0 Å². The molecule has 0 spiro atoms. The third-order valence-electron chi connectivity index (χ3n) is 4.88.